The molecule has 3 aromatic rings. The molecule has 0 aliphatic heterocycles. The van der Waals surface area contributed by atoms with Gasteiger partial charge in [0.25, 0.3) is 5.91 Å². The van der Waals surface area contributed by atoms with Crippen LogP contribution >= 0.6 is 11.6 Å². The highest BCUT2D eigenvalue weighted by Gasteiger charge is 2.32. The zero-order valence-electron chi connectivity index (χ0n) is 16.5. The van der Waals surface area contributed by atoms with E-state index in [1.165, 1.54) is 4.90 Å². The highest BCUT2D eigenvalue weighted by molar-refractivity contribution is 6.31. The molecule has 1 fully saturated rings. The third-order valence-corrected chi connectivity index (χ3v) is 5.52. The van der Waals surface area contributed by atoms with Gasteiger partial charge in [0.1, 0.15) is 17.2 Å². The summed E-state index contributed by atoms with van der Waals surface area (Å²) in [6.07, 6.45) is 2.71. The van der Waals surface area contributed by atoms with Gasteiger partial charge in [0.2, 0.25) is 0 Å². The number of carbonyl (C=O) groups excluding carboxylic acids is 1. The number of fused-ring (bicyclic) bond motifs is 1. The Balaban J connectivity index is 1.73. The SMILES string of the molecule is CCCn1c(CN(CC2CC2)C(=O)c2c(F)ccc(F)c2F)nc2ccc(Cl)cc21. The molecule has 2 aromatic carbocycles. The second-order valence-corrected chi connectivity index (χ2v) is 8.10. The van der Waals surface area contributed by atoms with Gasteiger partial charge >= 0.3 is 0 Å². The molecule has 0 bridgehead atoms. The Morgan fingerprint density at radius 3 is 2.63 bits per heavy atom. The van der Waals surface area contributed by atoms with Crippen LogP contribution in [-0.2, 0) is 13.1 Å². The Morgan fingerprint density at radius 2 is 1.93 bits per heavy atom. The number of benzene rings is 2. The lowest BCUT2D eigenvalue weighted by atomic mass is 10.1. The summed E-state index contributed by atoms with van der Waals surface area (Å²) in [5.74, 6) is -3.79. The second kappa shape index (κ2) is 8.30. The molecule has 4 rings (SSSR count). The molecule has 30 heavy (non-hydrogen) atoms. The van der Waals surface area contributed by atoms with Gasteiger partial charge in [0.05, 0.1) is 17.6 Å². The third kappa shape index (κ3) is 4.03. The van der Waals surface area contributed by atoms with E-state index in [0.717, 1.165) is 36.4 Å². The van der Waals surface area contributed by atoms with E-state index in [1.54, 1.807) is 12.1 Å². The molecule has 1 amide bonds. The fourth-order valence-corrected chi connectivity index (χ4v) is 3.79. The average molecular weight is 436 g/mol. The quantitative estimate of drug-likeness (QED) is 0.455. The number of hydrogen-bond donors (Lipinski definition) is 0. The topological polar surface area (TPSA) is 38.1 Å². The van der Waals surface area contributed by atoms with E-state index in [4.69, 9.17) is 11.6 Å². The minimum Gasteiger partial charge on any atom is -0.331 e. The van der Waals surface area contributed by atoms with E-state index in [1.807, 2.05) is 17.6 Å². The summed E-state index contributed by atoms with van der Waals surface area (Å²) < 4.78 is 44.2. The number of aromatic nitrogens is 2. The monoisotopic (exact) mass is 435 g/mol. The van der Waals surface area contributed by atoms with Gasteiger partial charge in [-0.2, -0.15) is 0 Å². The van der Waals surface area contributed by atoms with Crippen molar-refractivity contribution in [2.24, 2.45) is 5.92 Å². The number of halogens is 4. The molecular formula is C22H21ClF3N3O. The maximum Gasteiger partial charge on any atom is 0.260 e. The minimum absolute atomic E-state index is 0.0665. The van der Waals surface area contributed by atoms with Crippen LogP contribution in [0.5, 0.6) is 0 Å². The average Bonchev–Trinajstić information content (AvgIpc) is 3.47. The maximum absolute atomic E-state index is 14.3. The van der Waals surface area contributed by atoms with Crippen molar-refractivity contribution in [3.8, 4) is 0 Å². The number of carbonyl (C=O) groups is 1. The predicted octanol–water partition coefficient (Wildman–Crippen LogP) is 5.57. The van der Waals surface area contributed by atoms with E-state index >= 15 is 0 Å². The highest BCUT2D eigenvalue weighted by atomic mass is 35.5. The van der Waals surface area contributed by atoms with Gasteiger partial charge in [-0.3, -0.25) is 4.79 Å². The summed E-state index contributed by atoms with van der Waals surface area (Å²) in [5.41, 5.74) is 0.697. The summed E-state index contributed by atoms with van der Waals surface area (Å²) in [6.45, 7) is 3.08. The van der Waals surface area contributed by atoms with Crippen LogP contribution in [0.2, 0.25) is 5.02 Å². The second-order valence-electron chi connectivity index (χ2n) is 7.66. The van der Waals surface area contributed by atoms with Crippen molar-refractivity contribution < 1.29 is 18.0 Å². The minimum atomic E-state index is -1.46. The van der Waals surface area contributed by atoms with Crippen LogP contribution in [0, 0.1) is 23.4 Å². The summed E-state index contributed by atoms with van der Waals surface area (Å²) in [7, 11) is 0. The normalized spacial score (nSPS) is 13.8. The van der Waals surface area contributed by atoms with E-state index in [-0.39, 0.29) is 12.5 Å². The maximum atomic E-state index is 14.3. The van der Waals surface area contributed by atoms with Gasteiger partial charge in [-0.1, -0.05) is 18.5 Å². The van der Waals surface area contributed by atoms with Gasteiger partial charge in [0, 0.05) is 18.1 Å². The van der Waals surface area contributed by atoms with Crippen molar-refractivity contribution in [3.05, 3.63) is 64.2 Å². The molecule has 0 radical (unpaired) electrons. The lowest BCUT2D eigenvalue weighted by Gasteiger charge is -2.23. The Bertz CT molecular complexity index is 1110. The lowest BCUT2D eigenvalue weighted by molar-refractivity contribution is 0.0717. The number of imidazole rings is 1. The molecule has 0 saturated heterocycles. The van der Waals surface area contributed by atoms with Gasteiger partial charge in [-0.25, -0.2) is 18.2 Å². The summed E-state index contributed by atoms with van der Waals surface area (Å²) in [5, 5.41) is 0.570. The van der Waals surface area contributed by atoms with Crippen LogP contribution in [0.3, 0.4) is 0 Å². The molecule has 1 aliphatic carbocycles. The van der Waals surface area contributed by atoms with Crippen LogP contribution in [-0.4, -0.2) is 26.9 Å². The summed E-state index contributed by atoms with van der Waals surface area (Å²) in [6, 6.07) is 6.79. The molecular weight excluding hydrogens is 415 g/mol. The molecule has 8 heteroatoms. The van der Waals surface area contributed by atoms with E-state index < -0.39 is 28.9 Å². The Hall–Kier alpha value is -2.54. The molecule has 158 valence electrons. The fraction of sp³-hybridized carbons (Fsp3) is 0.364. The molecule has 1 saturated carbocycles. The van der Waals surface area contributed by atoms with Gasteiger partial charge in [-0.15, -0.1) is 0 Å². The summed E-state index contributed by atoms with van der Waals surface area (Å²) in [4.78, 5) is 19.1. The number of amides is 1. The van der Waals surface area contributed by atoms with Gasteiger partial charge in [-0.05, 0) is 55.5 Å². The van der Waals surface area contributed by atoms with Crippen molar-refractivity contribution >= 4 is 28.5 Å². The zero-order chi connectivity index (χ0) is 21.4. The molecule has 0 spiro atoms. The van der Waals surface area contributed by atoms with E-state index in [2.05, 4.69) is 4.98 Å². The van der Waals surface area contributed by atoms with Crippen molar-refractivity contribution in [1.29, 1.82) is 0 Å². The fourth-order valence-electron chi connectivity index (χ4n) is 3.62. The molecule has 0 unspecified atom stereocenters. The molecule has 0 N–H and O–H groups in total. The molecule has 4 nitrogen and oxygen atoms in total. The Kier molecular flexibility index (Phi) is 5.73. The largest absolute Gasteiger partial charge is 0.331 e. The molecule has 0 atom stereocenters. The van der Waals surface area contributed by atoms with Crippen molar-refractivity contribution in [3.63, 3.8) is 0 Å². The predicted molar refractivity (Wildman–Crippen MR) is 109 cm³/mol. The molecule has 1 aromatic heterocycles. The van der Waals surface area contributed by atoms with Crippen LogP contribution in [0.4, 0.5) is 13.2 Å². The molecule has 1 heterocycles. The van der Waals surface area contributed by atoms with Crippen LogP contribution in [0.15, 0.2) is 30.3 Å². The number of aryl methyl sites for hydroxylation is 1. The van der Waals surface area contributed by atoms with Crippen LogP contribution in [0.25, 0.3) is 11.0 Å². The Morgan fingerprint density at radius 1 is 1.20 bits per heavy atom. The van der Waals surface area contributed by atoms with E-state index in [9.17, 15) is 18.0 Å². The first-order valence-corrected chi connectivity index (χ1v) is 10.3. The highest BCUT2D eigenvalue weighted by Crippen LogP contribution is 2.32. The van der Waals surface area contributed by atoms with Gasteiger partial charge in [0.15, 0.2) is 11.6 Å². The van der Waals surface area contributed by atoms with Crippen molar-refractivity contribution in [2.75, 3.05) is 6.54 Å². The summed E-state index contributed by atoms with van der Waals surface area (Å²) >= 11 is 6.14. The van der Waals surface area contributed by atoms with Crippen LogP contribution in [0.1, 0.15) is 42.4 Å². The van der Waals surface area contributed by atoms with E-state index in [0.29, 0.717) is 30.0 Å². The third-order valence-electron chi connectivity index (χ3n) is 5.29. The number of hydrogen-bond acceptors (Lipinski definition) is 2. The zero-order valence-corrected chi connectivity index (χ0v) is 17.2. The van der Waals surface area contributed by atoms with Crippen LogP contribution < -0.4 is 0 Å². The number of nitrogens with zero attached hydrogens (tertiary/aromatic N) is 3. The smallest absolute Gasteiger partial charge is 0.260 e. The first-order valence-electron chi connectivity index (χ1n) is 9.96. The van der Waals surface area contributed by atoms with Crippen molar-refractivity contribution in [1.82, 2.24) is 14.5 Å². The molecule has 1 aliphatic rings. The van der Waals surface area contributed by atoms with Crippen molar-refractivity contribution in [2.45, 2.75) is 39.3 Å². The lowest BCUT2D eigenvalue weighted by Crippen LogP contribution is -2.35. The Labute approximate surface area is 177 Å². The number of rotatable bonds is 7. The standard InChI is InChI=1S/C22H21ClF3N3O/c1-2-9-29-18-10-14(23)5-8-17(18)27-19(29)12-28(11-13-3-4-13)22(30)20-15(24)6-7-16(25)21(20)26/h5-8,10,13H,2-4,9,11-12H2,1H3. The van der Waals surface area contributed by atoms with Gasteiger partial charge < -0.3 is 9.47 Å². The first-order chi connectivity index (χ1) is 14.4. The first kappa shape index (κ1) is 20.7.